The van der Waals surface area contributed by atoms with E-state index < -0.39 is 274 Å². The molecule has 6 fully saturated rings. The maximum atomic E-state index is 14.1. The number of carbonyl (C=O) groups excluding carboxylic acids is 8. The van der Waals surface area contributed by atoms with E-state index in [0.717, 1.165) is 33.6 Å². The van der Waals surface area contributed by atoms with E-state index in [2.05, 4.69) is 21.3 Å². The summed E-state index contributed by atoms with van der Waals surface area (Å²) < 4.78 is 77.5. The molecule has 117 heavy (non-hydrogen) atoms. The summed E-state index contributed by atoms with van der Waals surface area (Å²) >= 11 is 0. The number of rotatable bonds is 26. The summed E-state index contributed by atoms with van der Waals surface area (Å²) in [4.78, 5) is 99.4. The molecule has 0 bridgehead atoms. The Morgan fingerprint density at radius 3 is 1.11 bits per heavy atom. The fourth-order valence-corrected chi connectivity index (χ4v) is 13.3. The van der Waals surface area contributed by atoms with Gasteiger partial charge in [-0.2, -0.15) is 0 Å². The van der Waals surface area contributed by atoms with Crippen LogP contribution in [0.5, 0.6) is 11.5 Å². The van der Waals surface area contributed by atoms with Gasteiger partial charge in [0, 0.05) is 41.4 Å². The molecule has 2 aromatic rings. The standard InChI is InChI=1S/C43H65N3O24.C16H27NO11.C13H19NO3.2Na/c1-15-23(44-16(2)49)31(25(52)21(13-47)63-15)65-42-30(57)28(55)34(36(69-42)38(59)60)67-40-24(45-17(3)50)32(26(53)22(14-48)64-40)66-41-29(56)27(54)33(62-7)35(68-41)37(58)46-20(39(61)70-43(4,5)6)12-18-8-10-19(51)11-9-18;1-5-8(17-6(2)19)12(9(20)7(4-18)26-5)27-16-11(22)10(21)13(25-3)14(28-16)15(23)24;1-13(2,3)17-12(16)11(14)8-9-4-6-10(15)7-5-9;;/h8-11,15,20-36,40-42,47-48,51-57H,12-14H2,1-7H3,(H,44,49)(H,45,50)(H,46,58)(H,59,60);5,7-14,16,18,20-22H,4H2,1-3H3,(H,17,19)(H,23,24);4-7,11,15H,8,14H2,1-3H3;;/q;;;2*+1/p-2. The Labute approximate surface area is 716 Å². The van der Waals surface area contributed by atoms with E-state index in [1.54, 1.807) is 72.7 Å². The number of aliphatic hydroxyl groups excluding tert-OH is 12. The third kappa shape index (κ3) is 28.4. The molecule has 45 heteroatoms. The van der Waals surface area contributed by atoms with Crippen molar-refractivity contribution in [3.63, 3.8) is 0 Å². The first-order chi connectivity index (χ1) is 53.7. The minimum Gasteiger partial charge on any atom is -0.547 e. The molecule has 0 saturated carbocycles. The average molecular weight is 1700 g/mol. The third-order valence-corrected chi connectivity index (χ3v) is 18.8. The summed E-state index contributed by atoms with van der Waals surface area (Å²) in [6.07, 6.45) is -46.7. The van der Waals surface area contributed by atoms with Crippen molar-refractivity contribution >= 4 is 47.5 Å². The summed E-state index contributed by atoms with van der Waals surface area (Å²) in [5.74, 6) is -7.98. The number of aliphatic carboxylic acids is 2. The van der Waals surface area contributed by atoms with E-state index in [1.165, 1.54) is 38.1 Å². The van der Waals surface area contributed by atoms with E-state index >= 15 is 0 Å². The van der Waals surface area contributed by atoms with E-state index in [9.17, 15) is 115 Å². The molecular weight excluding hydrogens is 1590 g/mol. The average Bonchev–Trinajstić information content (AvgIpc) is 0.768. The van der Waals surface area contributed by atoms with Crippen molar-refractivity contribution in [1.82, 2.24) is 21.3 Å². The summed E-state index contributed by atoms with van der Waals surface area (Å²) in [5, 5.41) is 181. The van der Waals surface area contributed by atoms with Gasteiger partial charge in [0.05, 0.1) is 56.1 Å². The monoisotopic (exact) mass is 1700 g/mol. The molecule has 6 saturated heterocycles. The van der Waals surface area contributed by atoms with Gasteiger partial charge in [-0.1, -0.05) is 24.3 Å². The molecular formula is C72H109N5Na2O38. The molecule has 0 spiro atoms. The van der Waals surface area contributed by atoms with Gasteiger partial charge in [0.25, 0.3) is 5.91 Å². The molecule has 20 N–H and O–H groups in total. The maximum Gasteiger partial charge on any atom is 1.00 e. The number of carboxylic acids is 2. The number of hydrogen-bond donors (Lipinski definition) is 19. The number of nitrogens with one attached hydrogen (secondary N) is 4. The third-order valence-electron chi connectivity index (χ3n) is 18.8. The van der Waals surface area contributed by atoms with Gasteiger partial charge in [-0.3, -0.25) is 24.0 Å². The molecule has 32 unspecified atom stereocenters. The number of hydrogen-bond acceptors (Lipinski definition) is 39. The smallest absolute Gasteiger partial charge is 0.547 e. The molecule has 6 aliphatic heterocycles. The van der Waals surface area contributed by atoms with Crippen LogP contribution < -0.4 is 96.3 Å². The summed E-state index contributed by atoms with van der Waals surface area (Å²) in [5.41, 5.74) is 5.58. The fourth-order valence-electron chi connectivity index (χ4n) is 13.3. The Balaban J connectivity index is 0.000000497. The Bertz CT molecular complexity index is 3500. The van der Waals surface area contributed by atoms with Crippen LogP contribution in [0.25, 0.3) is 0 Å². The molecule has 0 aliphatic carbocycles. The molecule has 43 nitrogen and oxygen atoms in total. The Kier molecular flexibility index (Phi) is 41.2. The van der Waals surface area contributed by atoms with E-state index in [0.29, 0.717) is 12.0 Å². The first-order valence-electron chi connectivity index (χ1n) is 36.6. The van der Waals surface area contributed by atoms with E-state index in [4.69, 9.17) is 77.2 Å². The van der Waals surface area contributed by atoms with Crippen molar-refractivity contribution in [2.24, 2.45) is 5.73 Å². The molecule has 32 atom stereocenters. The fraction of sp³-hybridized carbons (Fsp3) is 0.722. The molecule has 0 aromatic heterocycles. The molecule has 6 aliphatic rings. The Morgan fingerprint density at radius 1 is 0.436 bits per heavy atom. The number of aromatic hydroxyl groups is 2. The number of phenolic OH excluding ortho intramolecular Hbond substituents is 2. The Morgan fingerprint density at radius 2 is 0.752 bits per heavy atom. The number of methoxy groups -OCH3 is 2. The van der Waals surface area contributed by atoms with Crippen LogP contribution in [0, 0.1) is 0 Å². The van der Waals surface area contributed by atoms with E-state index in [-0.39, 0.29) is 77.0 Å². The second kappa shape index (κ2) is 46.3. The van der Waals surface area contributed by atoms with Gasteiger partial charge in [-0.05, 0) is 97.2 Å². The number of nitrogens with two attached hydrogens (primary N) is 1. The first-order valence-corrected chi connectivity index (χ1v) is 36.6. The second-order valence-electron chi connectivity index (χ2n) is 30.1. The number of carbonyl (C=O) groups is 8. The number of amides is 4. The van der Waals surface area contributed by atoms with Gasteiger partial charge in [-0.15, -0.1) is 0 Å². The molecule has 2 aromatic carbocycles. The van der Waals surface area contributed by atoms with Crippen LogP contribution in [0.4, 0.5) is 0 Å². The van der Waals surface area contributed by atoms with Crippen molar-refractivity contribution in [3.05, 3.63) is 59.7 Å². The van der Waals surface area contributed by atoms with Crippen molar-refractivity contribution < 1.29 is 245 Å². The quantitative estimate of drug-likeness (QED) is 0.0307. The molecule has 652 valence electrons. The zero-order valence-corrected chi connectivity index (χ0v) is 71.3. The van der Waals surface area contributed by atoms with Crippen molar-refractivity contribution in [3.8, 4) is 11.5 Å². The van der Waals surface area contributed by atoms with Crippen LogP contribution in [-0.2, 0) is 118 Å². The largest absolute Gasteiger partial charge is 1.00 e. The number of phenols is 2. The predicted molar refractivity (Wildman–Crippen MR) is 378 cm³/mol. The van der Waals surface area contributed by atoms with Crippen LogP contribution in [0.15, 0.2) is 48.5 Å². The SMILES string of the molecule is CC(C)(C)OC(=O)C(N)Cc1ccc(O)cc1.COC1C(C(=O)NC(Cc2ccc(O)cc2)C(=O)OC(C)(C)C)OC(OC2C(O)C(CO)OC(OC3C(C(=O)[O-])OC(OC4C(O)C(CO)OC(C)C4NC(C)=O)C(O)C3O)C2NC(C)=O)C(O)C1O.COC1C(C(=O)[O-])OC(OC2C(O)C(CO)OC(C)C2NC(C)=O)C(O)C1O.[Na+].[Na+]. The van der Waals surface area contributed by atoms with Crippen LogP contribution in [0.3, 0.4) is 0 Å². The molecule has 8 rings (SSSR count). The van der Waals surface area contributed by atoms with Crippen molar-refractivity contribution in [1.29, 1.82) is 0 Å². The van der Waals surface area contributed by atoms with Gasteiger partial charge >= 0.3 is 71.1 Å². The number of ether oxygens (including phenoxy) is 14. The van der Waals surface area contributed by atoms with Gasteiger partial charge in [0.1, 0.15) is 163 Å². The molecule has 0 radical (unpaired) electrons. The number of carboxylic acid groups (broad SMARTS) is 2. The summed E-state index contributed by atoms with van der Waals surface area (Å²) in [6, 6.07) is 6.30. The zero-order valence-electron chi connectivity index (χ0n) is 67.3. The van der Waals surface area contributed by atoms with Crippen molar-refractivity contribution in [2.45, 2.75) is 296 Å². The van der Waals surface area contributed by atoms with Gasteiger partial charge in [0.15, 0.2) is 31.3 Å². The maximum absolute atomic E-state index is 14.1. The zero-order chi connectivity index (χ0) is 86.3. The van der Waals surface area contributed by atoms with Crippen LogP contribution >= 0.6 is 0 Å². The summed E-state index contributed by atoms with van der Waals surface area (Å²) in [6.45, 7) is 14.3. The second-order valence-corrected chi connectivity index (χ2v) is 30.1. The van der Waals surface area contributed by atoms with Crippen molar-refractivity contribution in [2.75, 3.05) is 34.0 Å². The minimum absolute atomic E-state index is 0. The summed E-state index contributed by atoms with van der Waals surface area (Å²) in [7, 11) is 2.21. The topological polar surface area (TPSA) is 669 Å². The number of esters is 2. The van der Waals surface area contributed by atoms with Gasteiger partial charge in [0.2, 0.25) is 17.7 Å². The van der Waals surface area contributed by atoms with Crippen LogP contribution in [0.2, 0.25) is 0 Å². The predicted octanol–water partition coefficient (Wildman–Crippen LogP) is -16.4. The van der Waals surface area contributed by atoms with Gasteiger partial charge in [-0.25, -0.2) is 4.79 Å². The minimum atomic E-state index is -2.38. The first kappa shape index (κ1) is 104. The van der Waals surface area contributed by atoms with Gasteiger partial charge < -0.3 is 185 Å². The number of benzene rings is 2. The number of aliphatic hydroxyl groups is 12. The van der Waals surface area contributed by atoms with Crippen LogP contribution in [0.1, 0.15) is 87.3 Å². The molecule has 4 amide bonds. The normalized spacial score (nSPS) is 35.5. The molecule has 6 heterocycles. The van der Waals surface area contributed by atoms with Crippen LogP contribution in [-0.4, -0.2) is 360 Å². The Hall–Kier alpha value is -5.20. The van der Waals surface area contributed by atoms with E-state index in [1.807, 2.05) is 0 Å².